The number of nitrogens with one attached hydrogen (secondary N) is 1. The maximum Gasteiger partial charge on any atom is 0.272 e. The third-order valence-corrected chi connectivity index (χ3v) is 3.74. The SMILES string of the molecule is CCOc1ccccc1Nc1ccnc(C(=O)N2CCOCC2)c1. The molecule has 6 heteroatoms. The van der Waals surface area contributed by atoms with Crippen molar-refractivity contribution in [2.75, 3.05) is 38.2 Å². The summed E-state index contributed by atoms with van der Waals surface area (Å²) >= 11 is 0. The molecule has 1 aliphatic rings. The summed E-state index contributed by atoms with van der Waals surface area (Å²) in [5.41, 5.74) is 2.08. The highest BCUT2D eigenvalue weighted by molar-refractivity contribution is 5.93. The number of carbonyl (C=O) groups is 1. The first-order valence-electron chi connectivity index (χ1n) is 8.10. The van der Waals surface area contributed by atoms with E-state index >= 15 is 0 Å². The summed E-state index contributed by atoms with van der Waals surface area (Å²) in [5, 5.41) is 3.30. The molecule has 0 bridgehead atoms. The van der Waals surface area contributed by atoms with Crippen LogP contribution < -0.4 is 10.1 Å². The molecule has 0 unspecified atom stereocenters. The maximum absolute atomic E-state index is 12.5. The van der Waals surface area contributed by atoms with Gasteiger partial charge in [-0.15, -0.1) is 0 Å². The van der Waals surface area contributed by atoms with Crippen LogP contribution in [0.5, 0.6) is 5.75 Å². The molecule has 126 valence electrons. The Morgan fingerprint density at radius 1 is 1.29 bits per heavy atom. The molecule has 1 fully saturated rings. The number of ether oxygens (including phenoxy) is 2. The van der Waals surface area contributed by atoms with Crippen molar-refractivity contribution in [1.82, 2.24) is 9.88 Å². The van der Waals surface area contributed by atoms with E-state index in [4.69, 9.17) is 9.47 Å². The van der Waals surface area contributed by atoms with Gasteiger partial charge in [-0.3, -0.25) is 9.78 Å². The smallest absolute Gasteiger partial charge is 0.272 e. The predicted molar refractivity (Wildman–Crippen MR) is 91.9 cm³/mol. The molecule has 0 saturated carbocycles. The van der Waals surface area contributed by atoms with Crippen LogP contribution in [-0.2, 0) is 4.74 Å². The molecule has 1 N–H and O–H groups in total. The predicted octanol–water partition coefficient (Wildman–Crippen LogP) is 2.70. The molecule has 6 nitrogen and oxygen atoms in total. The summed E-state index contributed by atoms with van der Waals surface area (Å²) in [5.74, 6) is 0.706. The molecule has 2 aromatic rings. The van der Waals surface area contributed by atoms with E-state index in [1.807, 2.05) is 37.3 Å². The van der Waals surface area contributed by atoms with Crippen LogP contribution in [0.1, 0.15) is 17.4 Å². The van der Waals surface area contributed by atoms with Crippen LogP contribution in [0.25, 0.3) is 0 Å². The number of benzene rings is 1. The molecular weight excluding hydrogens is 306 g/mol. The van der Waals surface area contributed by atoms with Crippen LogP contribution in [0.15, 0.2) is 42.6 Å². The highest BCUT2D eigenvalue weighted by atomic mass is 16.5. The van der Waals surface area contributed by atoms with Crippen molar-refractivity contribution in [3.05, 3.63) is 48.3 Å². The van der Waals surface area contributed by atoms with E-state index in [2.05, 4.69) is 10.3 Å². The van der Waals surface area contributed by atoms with E-state index in [0.717, 1.165) is 17.1 Å². The monoisotopic (exact) mass is 327 g/mol. The lowest BCUT2D eigenvalue weighted by Crippen LogP contribution is -2.41. The maximum atomic E-state index is 12.5. The molecule has 1 aliphatic heterocycles. The largest absolute Gasteiger partial charge is 0.492 e. The van der Waals surface area contributed by atoms with Crippen LogP contribution in [0.2, 0.25) is 0 Å². The molecule has 3 rings (SSSR count). The van der Waals surface area contributed by atoms with Crippen molar-refractivity contribution in [2.45, 2.75) is 6.92 Å². The van der Waals surface area contributed by atoms with E-state index < -0.39 is 0 Å². The van der Waals surface area contributed by atoms with E-state index in [-0.39, 0.29) is 5.91 Å². The summed E-state index contributed by atoms with van der Waals surface area (Å²) < 4.78 is 10.9. The van der Waals surface area contributed by atoms with Gasteiger partial charge in [0.25, 0.3) is 5.91 Å². The lowest BCUT2D eigenvalue weighted by molar-refractivity contribution is 0.0299. The molecule has 1 aromatic carbocycles. The quantitative estimate of drug-likeness (QED) is 0.915. The number of hydrogen-bond acceptors (Lipinski definition) is 5. The highest BCUT2D eigenvalue weighted by Crippen LogP contribution is 2.27. The van der Waals surface area contributed by atoms with Gasteiger partial charge in [-0.2, -0.15) is 0 Å². The first-order chi connectivity index (χ1) is 11.8. The third-order valence-electron chi connectivity index (χ3n) is 3.74. The van der Waals surface area contributed by atoms with Gasteiger partial charge >= 0.3 is 0 Å². The summed E-state index contributed by atoms with van der Waals surface area (Å²) in [6.45, 7) is 4.89. The Labute approximate surface area is 141 Å². The van der Waals surface area contributed by atoms with Gasteiger partial charge in [0, 0.05) is 25.0 Å². The van der Waals surface area contributed by atoms with Crippen LogP contribution in [0.4, 0.5) is 11.4 Å². The number of rotatable bonds is 5. The number of para-hydroxylation sites is 2. The fourth-order valence-electron chi connectivity index (χ4n) is 2.56. The zero-order chi connectivity index (χ0) is 16.8. The fourth-order valence-corrected chi connectivity index (χ4v) is 2.56. The second kappa shape index (κ2) is 7.79. The van der Waals surface area contributed by atoms with E-state index in [9.17, 15) is 4.79 Å². The highest BCUT2D eigenvalue weighted by Gasteiger charge is 2.19. The average Bonchev–Trinajstić information content (AvgIpc) is 2.64. The van der Waals surface area contributed by atoms with E-state index in [0.29, 0.717) is 38.6 Å². The van der Waals surface area contributed by atoms with Crippen molar-refractivity contribution < 1.29 is 14.3 Å². The second-order valence-corrected chi connectivity index (χ2v) is 5.39. The molecule has 2 heterocycles. The average molecular weight is 327 g/mol. The number of nitrogens with zero attached hydrogens (tertiary/aromatic N) is 2. The molecule has 1 saturated heterocycles. The number of hydrogen-bond donors (Lipinski definition) is 1. The Morgan fingerprint density at radius 2 is 2.08 bits per heavy atom. The Kier molecular flexibility index (Phi) is 5.28. The van der Waals surface area contributed by atoms with Gasteiger partial charge in [0.2, 0.25) is 0 Å². The molecule has 0 spiro atoms. The standard InChI is InChI=1S/C18H21N3O3/c1-2-24-17-6-4-3-5-15(17)20-14-7-8-19-16(13-14)18(22)21-9-11-23-12-10-21/h3-8,13H,2,9-12H2,1H3,(H,19,20). The molecule has 0 radical (unpaired) electrons. The first kappa shape index (κ1) is 16.3. The number of amides is 1. The van der Waals surface area contributed by atoms with Crippen molar-refractivity contribution in [1.29, 1.82) is 0 Å². The summed E-state index contributed by atoms with van der Waals surface area (Å²) in [7, 11) is 0. The van der Waals surface area contributed by atoms with Crippen LogP contribution in [0, 0.1) is 0 Å². The van der Waals surface area contributed by atoms with Gasteiger partial charge in [-0.25, -0.2) is 0 Å². The molecule has 0 aliphatic carbocycles. The molecule has 1 aromatic heterocycles. The van der Waals surface area contributed by atoms with Crippen LogP contribution in [0.3, 0.4) is 0 Å². The van der Waals surface area contributed by atoms with E-state index in [1.54, 1.807) is 17.2 Å². The Morgan fingerprint density at radius 3 is 2.88 bits per heavy atom. The minimum Gasteiger partial charge on any atom is -0.492 e. The molecular formula is C18H21N3O3. The zero-order valence-corrected chi connectivity index (χ0v) is 13.7. The Hall–Kier alpha value is -2.60. The third kappa shape index (κ3) is 3.83. The van der Waals surface area contributed by atoms with Crippen molar-refractivity contribution >= 4 is 17.3 Å². The number of carbonyl (C=O) groups excluding carboxylic acids is 1. The number of anilines is 2. The fraction of sp³-hybridized carbons (Fsp3) is 0.333. The van der Waals surface area contributed by atoms with Crippen molar-refractivity contribution in [2.24, 2.45) is 0 Å². The number of aromatic nitrogens is 1. The first-order valence-corrected chi connectivity index (χ1v) is 8.10. The lowest BCUT2D eigenvalue weighted by Gasteiger charge is -2.26. The normalized spacial score (nSPS) is 14.3. The van der Waals surface area contributed by atoms with Gasteiger partial charge in [0.15, 0.2) is 0 Å². The second-order valence-electron chi connectivity index (χ2n) is 5.39. The molecule has 0 atom stereocenters. The Balaban J connectivity index is 1.77. The summed E-state index contributed by atoms with van der Waals surface area (Å²) in [4.78, 5) is 18.5. The number of pyridine rings is 1. The Bertz CT molecular complexity index is 699. The van der Waals surface area contributed by atoms with Crippen molar-refractivity contribution in [3.63, 3.8) is 0 Å². The van der Waals surface area contributed by atoms with Crippen LogP contribution >= 0.6 is 0 Å². The summed E-state index contributed by atoms with van der Waals surface area (Å²) in [6, 6.07) is 11.3. The van der Waals surface area contributed by atoms with Gasteiger partial charge in [0.1, 0.15) is 11.4 Å². The minimum atomic E-state index is -0.0694. The number of morpholine rings is 1. The van der Waals surface area contributed by atoms with Gasteiger partial charge in [0.05, 0.1) is 25.5 Å². The minimum absolute atomic E-state index is 0.0694. The van der Waals surface area contributed by atoms with Gasteiger partial charge in [-0.05, 0) is 31.2 Å². The lowest BCUT2D eigenvalue weighted by atomic mass is 10.2. The molecule has 1 amide bonds. The van der Waals surface area contributed by atoms with E-state index in [1.165, 1.54) is 0 Å². The van der Waals surface area contributed by atoms with Crippen molar-refractivity contribution in [3.8, 4) is 5.75 Å². The van der Waals surface area contributed by atoms with Gasteiger partial charge in [-0.1, -0.05) is 12.1 Å². The zero-order valence-electron chi connectivity index (χ0n) is 13.7. The molecule has 24 heavy (non-hydrogen) atoms. The summed E-state index contributed by atoms with van der Waals surface area (Å²) in [6.07, 6.45) is 1.64. The topological polar surface area (TPSA) is 63.7 Å². The van der Waals surface area contributed by atoms with Gasteiger partial charge < -0.3 is 19.7 Å². The van der Waals surface area contributed by atoms with Crippen LogP contribution in [-0.4, -0.2) is 48.7 Å².